The minimum absolute atomic E-state index is 0.141. The summed E-state index contributed by atoms with van der Waals surface area (Å²) in [6.45, 7) is 11.1. The Kier molecular flexibility index (Phi) is 7.75. The summed E-state index contributed by atoms with van der Waals surface area (Å²) in [5.41, 5.74) is -0.549. The molecule has 1 N–H and O–H groups in total. The van der Waals surface area contributed by atoms with E-state index in [-0.39, 0.29) is 11.8 Å². The van der Waals surface area contributed by atoms with E-state index in [4.69, 9.17) is 4.74 Å². The Labute approximate surface area is 145 Å². The molecule has 0 fully saturated rings. The zero-order valence-corrected chi connectivity index (χ0v) is 15.5. The van der Waals surface area contributed by atoms with Crippen molar-refractivity contribution in [3.8, 4) is 5.75 Å². The highest BCUT2D eigenvalue weighted by molar-refractivity contribution is 6.10. The topological polar surface area (TPSA) is 58.6 Å². The van der Waals surface area contributed by atoms with Gasteiger partial charge in [0.2, 0.25) is 11.8 Å². The van der Waals surface area contributed by atoms with Crippen LogP contribution < -0.4 is 10.1 Å². The Hall–Kier alpha value is -2.04. The highest BCUT2D eigenvalue weighted by atomic mass is 16.5. The van der Waals surface area contributed by atoms with Gasteiger partial charge in [-0.15, -0.1) is 0 Å². The molecule has 0 heterocycles. The maximum atomic E-state index is 12.8. The van der Waals surface area contributed by atoms with E-state index in [9.17, 15) is 9.59 Å². The Balaban J connectivity index is 2.93. The van der Waals surface area contributed by atoms with Gasteiger partial charge in [0.1, 0.15) is 11.2 Å². The maximum Gasteiger partial charge on any atom is 0.239 e. The smallest absolute Gasteiger partial charge is 0.239 e. The number of amides is 2. The van der Waals surface area contributed by atoms with Crippen LogP contribution in [0.2, 0.25) is 0 Å². The second kappa shape index (κ2) is 9.30. The van der Waals surface area contributed by atoms with Crippen molar-refractivity contribution in [1.82, 2.24) is 4.90 Å². The van der Waals surface area contributed by atoms with Gasteiger partial charge in [0.25, 0.3) is 0 Å². The maximum absolute atomic E-state index is 12.8. The highest BCUT2D eigenvalue weighted by Crippen LogP contribution is 2.27. The van der Waals surface area contributed by atoms with Gasteiger partial charge in [-0.05, 0) is 45.7 Å². The summed E-state index contributed by atoms with van der Waals surface area (Å²) < 4.78 is 5.53. The summed E-state index contributed by atoms with van der Waals surface area (Å²) in [4.78, 5) is 27.3. The molecule has 0 aromatic heterocycles. The summed E-state index contributed by atoms with van der Waals surface area (Å²) in [5, 5.41) is 2.84. The molecule has 0 atom stereocenters. The number of carbonyl (C=O) groups excluding carboxylic acids is 2. The van der Waals surface area contributed by atoms with Crippen LogP contribution in [-0.4, -0.2) is 36.4 Å². The van der Waals surface area contributed by atoms with Gasteiger partial charge in [0, 0.05) is 13.1 Å². The average molecular weight is 334 g/mol. The molecule has 0 aliphatic heterocycles. The lowest BCUT2D eigenvalue weighted by Crippen LogP contribution is -2.47. The fraction of sp³-hybridized carbons (Fsp3) is 0.579. The van der Waals surface area contributed by atoms with E-state index in [2.05, 4.69) is 5.32 Å². The highest BCUT2D eigenvalue weighted by Gasteiger charge is 2.39. The van der Waals surface area contributed by atoms with Crippen molar-refractivity contribution in [2.75, 3.05) is 25.0 Å². The molecule has 0 unspecified atom stereocenters. The summed E-state index contributed by atoms with van der Waals surface area (Å²) in [6.07, 6.45) is 1.74. The fourth-order valence-corrected chi connectivity index (χ4v) is 2.48. The van der Waals surface area contributed by atoms with E-state index in [1.165, 1.54) is 0 Å². The number of hydrogen-bond acceptors (Lipinski definition) is 3. The molecular weight excluding hydrogens is 304 g/mol. The minimum atomic E-state index is -1.14. The number of nitrogens with one attached hydrogen (secondary N) is 1. The van der Waals surface area contributed by atoms with Crippen LogP contribution in [0.25, 0.3) is 0 Å². The summed E-state index contributed by atoms with van der Waals surface area (Å²) in [6, 6.07) is 7.25. The van der Waals surface area contributed by atoms with Crippen molar-refractivity contribution in [3.05, 3.63) is 24.3 Å². The van der Waals surface area contributed by atoms with Gasteiger partial charge in [-0.3, -0.25) is 9.59 Å². The van der Waals surface area contributed by atoms with Crippen LogP contribution >= 0.6 is 0 Å². The SMILES string of the molecule is CCCN(CCC)C(=O)C(C)(C)C(=O)Nc1ccccc1OCC. The van der Waals surface area contributed by atoms with Crippen LogP contribution in [0, 0.1) is 5.41 Å². The van der Waals surface area contributed by atoms with Crippen molar-refractivity contribution >= 4 is 17.5 Å². The molecule has 0 saturated carbocycles. The van der Waals surface area contributed by atoms with Gasteiger partial charge in [-0.2, -0.15) is 0 Å². The van der Waals surface area contributed by atoms with E-state index in [1.54, 1.807) is 30.9 Å². The second-order valence-corrected chi connectivity index (χ2v) is 6.30. The molecular formula is C19H30N2O3. The van der Waals surface area contributed by atoms with Gasteiger partial charge >= 0.3 is 0 Å². The Bertz CT molecular complexity index is 549. The summed E-state index contributed by atoms with van der Waals surface area (Å²) in [5.74, 6) is 0.144. The second-order valence-electron chi connectivity index (χ2n) is 6.30. The molecule has 0 spiro atoms. The molecule has 2 amide bonds. The molecule has 1 aromatic carbocycles. The molecule has 1 rings (SSSR count). The van der Waals surface area contributed by atoms with Crippen LogP contribution in [0.4, 0.5) is 5.69 Å². The van der Waals surface area contributed by atoms with Crippen LogP contribution in [0.1, 0.15) is 47.5 Å². The van der Waals surface area contributed by atoms with E-state index in [0.717, 1.165) is 12.8 Å². The van der Waals surface area contributed by atoms with Crippen LogP contribution in [0.15, 0.2) is 24.3 Å². The molecule has 0 aliphatic carbocycles. The Morgan fingerprint density at radius 1 is 1.08 bits per heavy atom. The number of para-hydroxylation sites is 2. The van der Waals surface area contributed by atoms with Gasteiger partial charge < -0.3 is 15.0 Å². The largest absolute Gasteiger partial charge is 0.492 e. The number of carbonyl (C=O) groups is 2. The number of rotatable bonds is 9. The normalized spacial score (nSPS) is 11.0. The lowest BCUT2D eigenvalue weighted by Gasteiger charge is -2.31. The first-order valence-electron chi connectivity index (χ1n) is 8.71. The van der Waals surface area contributed by atoms with Crippen LogP contribution in [0.3, 0.4) is 0 Å². The number of nitrogens with zero attached hydrogens (tertiary/aromatic N) is 1. The number of anilines is 1. The Morgan fingerprint density at radius 2 is 1.67 bits per heavy atom. The van der Waals surface area contributed by atoms with Crippen molar-refractivity contribution in [2.45, 2.75) is 47.5 Å². The monoisotopic (exact) mass is 334 g/mol. The molecule has 0 radical (unpaired) electrons. The fourth-order valence-electron chi connectivity index (χ4n) is 2.48. The van der Waals surface area contributed by atoms with E-state index in [1.807, 2.05) is 32.9 Å². The predicted molar refractivity (Wildman–Crippen MR) is 97.2 cm³/mol. The average Bonchev–Trinajstić information content (AvgIpc) is 2.56. The van der Waals surface area contributed by atoms with Crippen molar-refractivity contribution < 1.29 is 14.3 Å². The van der Waals surface area contributed by atoms with Gasteiger partial charge in [-0.1, -0.05) is 26.0 Å². The van der Waals surface area contributed by atoms with Crippen LogP contribution in [-0.2, 0) is 9.59 Å². The third kappa shape index (κ3) is 4.98. The lowest BCUT2D eigenvalue weighted by atomic mass is 9.90. The van der Waals surface area contributed by atoms with Crippen molar-refractivity contribution in [2.24, 2.45) is 5.41 Å². The molecule has 0 aliphatic rings. The lowest BCUT2D eigenvalue weighted by molar-refractivity contribution is -0.146. The summed E-state index contributed by atoms with van der Waals surface area (Å²) >= 11 is 0. The quantitative estimate of drug-likeness (QED) is 0.701. The first-order chi connectivity index (χ1) is 11.4. The van der Waals surface area contributed by atoms with Crippen LogP contribution in [0.5, 0.6) is 5.75 Å². The zero-order valence-electron chi connectivity index (χ0n) is 15.5. The molecule has 0 bridgehead atoms. The van der Waals surface area contributed by atoms with Gasteiger partial charge in [0.05, 0.1) is 12.3 Å². The zero-order chi connectivity index (χ0) is 18.2. The Morgan fingerprint density at radius 3 is 2.21 bits per heavy atom. The van der Waals surface area contributed by atoms with E-state index in [0.29, 0.717) is 31.1 Å². The van der Waals surface area contributed by atoms with Crippen molar-refractivity contribution in [1.29, 1.82) is 0 Å². The molecule has 5 heteroatoms. The first-order valence-corrected chi connectivity index (χ1v) is 8.71. The van der Waals surface area contributed by atoms with Gasteiger partial charge in [-0.25, -0.2) is 0 Å². The molecule has 134 valence electrons. The third-order valence-electron chi connectivity index (χ3n) is 3.81. The predicted octanol–water partition coefficient (Wildman–Crippen LogP) is 3.70. The third-order valence-corrected chi connectivity index (χ3v) is 3.81. The standard InChI is InChI=1S/C19H30N2O3/c1-6-13-21(14-7-2)18(23)19(4,5)17(22)20-15-11-9-10-12-16(15)24-8-3/h9-12H,6-8,13-14H2,1-5H3,(H,20,22). The molecule has 5 nitrogen and oxygen atoms in total. The number of ether oxygens (including phenoxy) is 1. The minimum Gasteiger partial charge on any atom is -0.492 e. The molecule has 0 saturated heterocycles. The number of benzene rings is 1. The van der Waals surface area contributed by atoms with Crippen molar-refractivity contribution in [3.63, 3.8) is 0 Å². The molecule has 1 aromatic rings. The first kappa shape index (κ1) is 20.0. The summed E-state index contributed by atoms with van der Waals surface area (Å²) in [7, 11) is 0. The molecule has 24 heavy (non-hydrogen) atoms. The van der Waals surface area contributed by atoms with E-state index >= 15 is 0 Å². The van der Waals surface area contributed by atoms with Gasteiger partial charge in [0.15, 0.2) is 0 Å². The van der Waals surface area contributed by atoms with E-state index < -0.39 is 5.41 Å². The number of hydrogen-bond donors (Lipinski definition) is 1.